The molecule has 2 aromatic heterocycles. The molecule has 0 aliphatic carbocycles. The van der Waals surface area contributed by atoms with E-state index >= 15 is 0 Å². The summed E-state index contributed by atoms with van der Waals surface area (Å²) in [7, 11) is 0. The van der Waals surface area contributed by atoms with Crippen LogP contribution in [0.5, 0.6) is 0 Å². The Morgan fingerprint density at radius 1 is 1.12 bits per heavy atom. The summed E-state index contributed by atoms with van der Waals surface area (Å²) in [5.74, 6) is -0.366. The van der Waals surface area contributed by atoms with Crippen LogP contribution in [0.1, 0.15) is 11.3 Å². The molecule has 4 aromatic rings. The number of halogens is 1. The highest BCUT2D eigenvalue weighted by molar-refractivity contribution is 8.03. The summed E-state index contributed by atoms with van der Waals surface area (Å²) in [6.45, 7) is 1.62. The van der Waals surface area contributed by atoms with Crippen molar-refractivity contribution < 1.29 is 23.7 Å². The fraction of sp³-hybridized carbons (Fsp3) is 0.0455. The molecule has 1 N–H and O–H groups in total. The van der Waals surface area contributed by atoms with Gasteiger partial charge in [0, 0.05) is 33.9 Å². The predicted octanol–water partition coefficient (Wildman–Crippen LogP) is 6.08. The van der Waals surface area contributed by atoms with E-state index in [-0.39, 0.29) is 27.5 Å². The number of aliphatic carboxylic acids is 1. The number of nitro benzene ring substituents is 1. The van der Waals surface area contributed by atoms with Crippen LogP contribution in [0.3, 0.4) is 0 Å². The quantitative estimate of drug-likeness (QED) is 0.143. The van der Waals surface area contributed by atoms with Gasteiger partial charge in [0.15, 0.2) is 0 Å². The van der Waals surface area contributed by atoms with E-state index in [0.717, 1.165) is 11.8 Å². The molecule has 0 bridgehead atoms. The number of furan rings is 1. The maximum absolute atomic E-state index is 11.8. The zero-order chi connectivity index (χ0) is 23.5. The zero-order valence-corrected chi connectivity index (χ0v) is 18.5. The molecule has 9 nitrogen and oxygen atoms in total. The van der Waals surface area contributed by atoms with Gasteiger partial charge in [-0.05, 0) is 55.1 Å². The third-order valence-corrected chi connectivity index (χ3v) is 5.68. The second kappa shape index (κ2) is 9.31. The van der Waals surface area contributed by atoms with Gasteiger partial charge < -0.3 is 13.9 Å². The van der Waals surface area contributed by atoms with Crippen LogP contribution >= 0.6 is 23.4 Å². The smallest absolute Gasteiger partial charge is 0.342 e. The van der Waals surface area contributed by atoms with Crippen molar-refractivity contribution in [2.24, 2.45) is 0 Å². The van der Waals surface area contributed by atoms with Crippen LogP contribution in [0.4, 0.5) is 5.69 Å². The van der Waals surface area contributed by atoms with E-state index in [4.69, 9.17) is 20.4 Å². The Labute approximate surface area is 195 Å². The van der Waals surface area contributed by atoms with Crippen LogP contribution < -0.4 is 0 Å². The lowest BCUT2D eigenvalue weighted by atomic mass is 10.1. The van der Waals surface area contributed by atoms with E-state index in [1.807, 2.05) is 0 Å². The van der Waals surface area contributed by atoms with Crippen LogP contribution in [-0.4, -0.2) is 26.2 Å². The SMILES string of the molecule is Cc1c(-c2ccc(/C=C(\Sc3nnc(-c4ccc(Cl)cc4)o3)C(=O)O)o2)cccc1[N+](=O)[O-]. The number of hydrogen-bond donors (Lipinski definition) is 1. The van der Waals surface area contributed by atoms with Crippen molar-refractivity contribution in [3.8, 4) is 22.8 Å². The first kappa shape index (κ1) is 22.3. The summed E-state index contributed by atoms with van der Waals surface area (Å²) in [5.41, 5.74) is 1.59. The lowest BCUT2D eigenvalue weighted by Crippen LogP contribution is -1.96. The van der Waals surface area contributed by atoms with E-state index in [2.05, 4.69) is 10.2 Å². The Balaban J connectivity index is 1.58. The average molecular weight is 484 g/mol. The van der Waals surface area contributed by atoms with E-state index in [0.29, 0.717) is 27.5 Å². The third-order valence-electron chi connectivity index (χ3n) is 4.57. The first-order valence-corrected chi connectivity index (χ1v) is 10.6. The first-order valence-electron chi connectivity index (χ1n) is 9.38. The number of nitrogens with zero attached hydrogens (tertiary/aromatic N) is 3. The summed E-state index contributed by atoms with van der Waals surface area (Å²) in [4.78, 5) is 22.4. The van der Waals surface area contributed by atoms with E-state index in [9.17, 15) is 20.0 Å². The van der Waals surface area contributed by atoms with Gasteiger partial charge in [-0.15, -0.1) is 10.2 Å². The molecule has 33 heavy (non-hydrogen) atoms. The molecule has 0 radical (unpaired) electrons. The van der Waals surface area contributed by atoms with Crippen molar-refractivity contribution in [3.05, 3.63) is 86.0 Å². The Hall–Kier alpha value is -3.89. The monoisotopic (exact) mass is 483 g/mol. The van der Waals surface area contributed by atoms with Crippen LogP contribution in [0.15, 0.2) is 73.6 Å². The zero-order valence-electron chi connectivity index (χ0n) is 16.9. The number of benzene rings is 2. The third kappa shape index (κ3) is 4.97. The number of thioether (sulfide) groups is 1. The van der Waals surface area contributed by atoms with Gasteiger partial charge >= 0.3 is 5.97 Å². The molecule has 11 heteroatoms. The molecule has 0 aliphatic heterocycles. The molecule has 0 atom stereocenters. The number of rotatable bonds is 7. The fourth-order valence-electron chi connectivity index (χ4n) is 2.98. The minimum absolute atomic E-state index is 0.0318. The van der Waals surface area contributed by atoms with Gasteiger partial charge in [-0.25, -0.2) is 4.79 Å². The number of carboxylic acids is 1. The Morgan fingerprint density at radius 3 is 2.58 bits per heavy atom. The molecule has 0 fully saturated rings. The molecule has 166 valence electrons. The highest BCUT2D eigenvalue weighted by atomic mass is 35.5. The predicted molar refractivity (Wildman–Crippen MR) is 122 cm³/mol. The molecule has 0 aliphatic rings. The molecule has 0 unspecified atom stereocenters. The standard InChI is InChI=1S/C22H14ClN3O6S/c1-12-16(3-2-4-17(12)26(29)30)18-10-9-15(31-18)11-19(21(27)28)33-22-25-24-20(32-22)13-5-7-14(23)8-6-13/h2-11H,1H3,(H,27,28)/b19-11-. The van der Waals surface area contributed by atoms with Crippen molar-refractivity contribution in [1.29, 1.82) is 0 Å². The van der Waals surface area contributed by atoms with Crippen LogP contribution in [0, 0.1) is 17.0 Å². The number of aromatic nitrogens is 2. The van der Waals surface area contributed by atoms with Crippen molar-refractivity contribution in [2.45, 2.75) is 12.1 Å². The lowest BCUT2D eigenvalue weighted by Gasteiger charge is -2.03. The second-order valence-corrected chi connectivity index (χ2v) is 8.13. The molecular formula is C22H14ClN3O6S. The van der Waals surface area contributed by atoms with Crippen molar-refractivity contribution in [1.82, 2.24) is 10.2 Å². The summed E-state index contributed by atoms with van der Waals surface area (Å²) < 4.78 is 11.3. The van der Waals surface area contributed by atoms with Gasteiger partial charge in [0.25, 0.3) is 10.9 Å². The molecule has 0 spiro atoms. The minimum atomic E-state index is -1.21. The topological polar surface area (TPSA) is 132 Å². The molecule has 2 aromatic carbocycles. The van der Waals surface area contributed by atoms with Crippen LogP contribution in [-0.2, 0) is 4.79 Å². The summed E-state index contributed by atoms with van der Waals surface area (Å²) in [5, 5.41) is 29.2. The lowest BCUT2D eigenvalue weighted by molar-refractivity contribution is -0.385. The van der Waals surface area contributed by atoms with Crippen LogP contribution in [0.25, 0.3) is 28.9 Å². The van der Waals surface area contributed by atoms with Gasteiger partial charge in [-0.2, -0.15) is 0 Å². The summed E-state index contributed by atoms with van der Waals surface area (Å²) in [6, 6.07) is 14.6. The normalized spacial score (nSPS) is 11.5. The van der Waals surface area contributed by atoms with Gasteiger partial charge in [0.2, 0.25) is 5.89 Å². The number of carbonyl (C=O) groups is 1. The van der Waals surface area contributed by atoms with Crippen molar-refractivity contribution in [2.75, 3.05) is 0 Å². The molecule has 0 saturated carbocycles. The largest absolute Gasteiger partial charge is 0.477 e. The van der Waals surface area contributed by atoms with E-state index < -0.39 is 10.9 Å². The maximum Gasteiger partial charge on any atom is 0.342 e. The van der Waals surface area contributed by atoms with Gasteiger partial charge in [-0.1, -0.05) is 23.7 Å². The Morgan fingerprint density at radius 2 is 1.88 bits per heavy atom. The average Bonchev–Trinajstić information content (AvgIpc) is 3.43. The Kier molecular flexibility index (Phi) is 6.29. The van der Waals surface area contributed by atoms with Gasteiger partial charge in [-0.3, -0.25) is 10.1 Å². The number of carboxylic acid groups (broad SMARTS) is 1. The number of hydrogen-bond acceptors (Lipinski definition) is 8. The second-order valence-electron chi connectivity index (χ2n) is 6.70. The van der Waals surface area contributed by atoms with Crippen LogP contribution in [0.2, 0.25) is 5.02 Å². The molecular weight excluding hydrogens is 470 g/mol. The number of nitro groups is 1. The maximum atomic E-state index is 11.8. The highest BCUT2D eigenvalue weighted by Gasteiger charge is 2.19. The highest BCUT2D eigenvalue weighted by Crippen LogP contribution is 2.34. The molecule has 2 heterocycles. The van der Waals surface area contributed by atoms with Gasteiger partial charge in [0.1, 0.15) is 16.4 Å². The fourth-order valence-corrected chi connectivity index (χ4v) is 3.76. The van der Waals surface area contributed by atoms with E-state index in [1.54, 1.807) is 55.5 Å². The summed E-state index contributed by atoms with van der Waals surface area (Å²) >= 11 is 6.64. The minimum Gasteiger partial charge on any atom is -0.477 e. The molecule has 4 rings (SSSR count). The molecule has 0 saturated heterocycles. The van der Waals surface area contributed by atoms with Crippen molar-refractivity contribution in [3.63, 3.8) is 0 Å². The Bertz CT molecular complexity index is 1380. The first-order chi connectivity index (χ1) is 15.8. The van der Waals surface area contributed by atoms with Crippen molar-refractivity contribution >= 4 is 41.1 Å². The summed E-state index contributed by atoms with van der Waals surface area (Å²) in [6.07, 6.45) is 1.31. The molecule has 0 amide bonds. The van der Waals surface area contributed by atoms with Gasteiger partial charge in [0.05, 0.1) is 4.92 Å². The van der Waals surface area contributed by atoms with E-state index in [1.165, 1.54) is 12.1 Å².